The molecule has 106 valence electrons. The highest BCUT2D eigenvalue weighted by Crippen LogP contribution is 2.38. The molecule has 2 fully saturated rings. The highest BCUT2D eigenvalue weighted by atomic mass is 32.1. The predicted molar refractivity (Wildman–Crippen MR) is 82.6 cm³/mol. The van der Waals surface area contributed by atoms with Gasteiger partial charge in [0.25, 0.3) is 0 Å². The van der Waals surface area contributed by atoms with Crippen LogP contribution in [0.25, 0.3) is 0 Å². The van der Waals surface area contributed by atoms with Crippen LogP contribution < -0.4 is 5.32 Å². The first-order chi connectivity index (χ1) is 9.20. The van der Waals surface area contributed by atoms with Gasteiger partial charge in [0.2, 0.25) is 0 Å². The van der Waals surface area contributed by atoms with E-state index >= 15 is 0 Å². The molecule has 2 aliphatic rings. The first kappa shape index (κ1) is 13.6. The lowest BCUT2D eigenvalue weighted by Gasteiger charge is -2.49. The normalized spacial score (nSPS) is 27.4. The van der Waals surface area contributed by atoms with Crippen LogP contribution in [0.4, 0.5) is 0 Å². The van der Waals surface area contributed by atoms with E-state index in [1.54, 1.807) is 0 Å². The smallest absolute Gasteiger partial charge is 0.0338 e. The molecule has 1 spiro atoms. The second-order valence-electron chi connectivity index (χ2n) is 6.62. The fourth-order valence-corrected chi connectivity index (χ4v) is 4.44. The summed E-state index contributed by atoms with van der Waals surface area (Å²) in [5, 5.41) is 6.03. The lowest BCUT2D eigenvalue weighted by Crippen LogP contribution is -2.64. The van der Waals surface area contributed by atoms with Crippen LogP contribution in [0.15, 0.2) is 17.5 Å². The van der Waals surface area contributed by atoms with Gasteiger partial charge in [-0.1, -0.05) is 32.8 Å². The number of thiophene rings is 1. The van der Waals surface area contributed by atoms with Crippen molar-refractivity contribution in [2.24, 2.45) is 5.92 Å². The predicted octanol–water partition coefficient (Wildman–Crippen LogP) is 3.49. The zero-order chi connectivity index (χ0) is 13.3. The van der Waals surface area contributed by atoms with E-state index in [1.807, 2.05) is 11.3 Å². The third-order valence-corrected chi connectivity index (χ3v) is 5.91. The molecule has 3 rings (SSSR count). The topological polar surface area (TPSA) is 15.3 Å². The van der Waals surface area contributed by atoms with Gasteiger partial charge in [-0.05, 0) is 30.2 Å². The summed E-state index contributed by atoms with van der Waals surface area (Å²) >= 11 is 1.91. The summed E-state index contributed by atoms with van der Waals surface area (Å²) in [6, 6.07) is 5.13. The van der Waals surface area contributed by atoms with Gasteiger partial charge in [0, 0.05) is 36.1 Å². The molecule has 2 nitrogen and oxygen atoms in total. The SMILES string of the molecule is CC(C)C1CN(Cc2cccs2)C2(CCCC2)CN1. The molecule has 19 heavy (non-hydrogen) atoms. The summed E-state index contributed by atoms with van der Waals surface area (Å²) in [6.07, 6.45) is 5.59. The number of rotatable bonds is 3. The van der Waals surface area contributed by atoms with E-state index < -0.39 is 0 Å². The molecule has 1 saturated heterocycles. The third-order valence-electron chi connectivity index (χ3n) is 5.05. The molecule has 0 aromatic carbocycles. The first-order valence-electron chi connectivity index (χ1n) is 7.70. The summed E-state index contributed by atoms with van der Waals surface area (Å²) < 4.78 is 0. The maximum atomic E-state index is 3.82. The van der Waals surface area contributed by atoms with Crippen molar-refractivity contribution in [2.45, 2.75) is 57.7 Å². The summed E-state index contributed by atoms with van der Waals surface area (Å²) in [7, 11) is 0. The molecule has 1 saturated carbocycles. The van der Waals surface area contributed by atoms with E-state index in [-0.39, 0.29) is 0 Å². The van der Waals surface area contributed by atoms with Crippen LogP contribution >= 0.6 is 11.3 Å². The molecule has 0 amide bonds. The van der Waals surface area contributed by atoms with Crippen molar-refractivity contribution in [2.75, 3.05) is 13.1 Å². The fraction of sp³-hybridized carbons (Fsp3) is 0.750. The molecule has 1 aliphatic carbocycles. The van der Waals surface area contributed by atoms with E-state index in [0.29, 0.717) is 11.6 Å². The van der Waals surface area contributed by atoms with Gasteiger partial charge in [-0.3, -0.25) is 4.90 Å². The minimum Gasteiger partial charge on any atom is -0.311 e. The van der Waals surface area contributed by atoms with Gasteiger partial charge in [0.15, 0.2) is 0 Å². The van der Waals surface area contributed by atoms with Gasteiger partial charge in [-0.15, -0.1) is 11.3 Å². The first-order valence-corrected chi connectivity index (χ1v) is 8.58. The van der Waals surface area contributed by atoms with Crippen LogP contribution in [0, 0.1) is 5.92 Å². The Morgan fingerprint density at radius 1 is 1.42 bits per heavy atom. The van der Waals surface area contributed by atoms with Gasteiger partial charge >= 0.3 is 0 Å². The lowest BCUT2D eigenvalue weighted by atomic mass is 9.88. The van der Waals surface area contributed by atoms with Crippen molar-refractivity contribution in [3.8, 4) is 0 Å². The molecule has 1 N–H and O–H groups in total. The number of hydrogen-bond donors (Lipinski definition) is 1. The largest absolute Gasteiger partial charge is 0.311 e. The number of hydrogen-bond acceptors (Lipinski definition) is 3. The maximum Gasteiger partial charge on any atom is 0.0338 e. The molecule has 1 aromatic rings. The Morgan fingerprint density at radius 2 is 2.21 bits per heavy atom. The van der Waals surface area contributed by atoms with E-state index in [9.17, 15) is 0 Å². The van der Waals surface area contributed by atoms with Crippen molar-refractivity contribution < 1.29 is 0 Å². The van der Waals surface area contributed by atoms with Gasteiger partial charge in [0.05, 0.1) is 0 Å². The van der Waals surface area contributed by atoms with Crippen molar-refractivity contribution in [3.63, 3.8) is 0 Å². The zero-order valence-corrected chi connectivity index (χ0v) is 13.0. The van der Waals surface area contributed by atoms with Crippen LogP contribution in [-0.4, -0.2) is 29.6 Å². The van der Waals surface area contributed by atoms with Crippen LogP contribution in [0.2, 0.25) is 0 Å². The van der Waals surface area contributed by atoms with E-state index in [2.05, 4.69) is 41.6 Å². The number of nitrogens with zero attached hydrogens (tertiary/aromatic N) is 1. The summed E-state index contributed by atoms with van der Waals surface area (Å²) in [5.41, 5.74) is 0.454. The monoisotopic (exact) mass is 278 g/mol. The van der Waals surface area contributed by atoms with Gasteiger partial charge in [0.1, 0.15) is 0 Å². The summed E-state index contributed by atoms with van der Waals surface area (Å²) in [6.45, 7) is 8.25. The lowest BCUT2D eigenvalue weighted by molar-refractivity contribution is 0.0269. The van der Waals surface area contributed by atoms with Gasteiger partial charge < -0.3 is 5.32 Å². The highest BCUT2D eigenvalue weighted by molar-refractivity contribution is 7.09. The fourth-order valence-electron chi connectivity index (χ4n) is 3.72. The molecule has 0 bridgehead atoms. The average Bonchev–Trinajstić information content (AvgIpc) is 3.04. The molecule has 2 heterocycles. The molecule has 1 aliphatic heterocycles. The van der Waals surface area contributed by atoms with Gasteiger partial charge in [-0.25, -0.2) is 0 Å². The minimum atomic E-state index is 0.454. The van der Waals surface area contributed by atoms with Crippen LogP contribution in [-0.2, 0) is 6.54 Å². The van der Waals surface area contributed by atoms with E-state index in [1.165, 1.54) is 43.6 Å². The van der Waals surface area contributed by atoms with E-state index in [4.69, 9.17) is 0 Å². The Balaban J connectivity index is 1.77. The Labute approximate surface area is 121 Å². The Bertz CT molecular complexity index is 393. The van der Waals surface area contributed by atoms with Crippen molar-refractivity contribution in [3.05, 3.63) is 22.4 Å². The van der Waals surface area contributed by atoms with Gasteiger partial charge in [-0.2, -0.15) is 0 Å². The molecule has 1 aromatic heterocycles. The van der Waals surface area contributed by atoms with Crippen molar-refractivity contribution in [1.29, 1.82) is 0 Å². The zero-order valence-electron chi connectivity index (χ0n) is 12.2. The second kappa shape index (κ2) is 5.55. The summed E-state index contributed by atoms with van der Waals surface area (Å²) in [5.74, 6) is 0.726. The van der Waals surface area contributed by atoms with Crippen LogP contribution in [0.5, 0.6) is 0 Å². The molecule has 1 unspecified atom stereocenters. The maximum absolute atomic E-state index is 3.82. The number of nitrogens with one attached hydrogen (secondary N) is 1. The Hall–Kier alpha value is -0.380. The molecular weight excluding hydrogens is 252 g/mol. The van der Waals surface area contributed by atoms with E-state index in [0.717, 1.165) is 12.5 Å². The molecule has 0 radical (unpaired) electrons. The number of piperazine rings is 1. The van der Waals surface area contributed by atoms with Crippen molar-refractivity contribution >= 4 is 11.3 Å². The highest BCUT2D eigenvalue weighted by Gasteiger charge is 2.43. The van der Waals surface area contributed by atoms with Crippen LogP contribution in [0.1, 0.15) is 44.4 Å². The molecule has 1 atom stereocenters. The van der Waals surface area contributed by atoms with Crippen molar-refractivity contribution in [1.82, 2.24) is 10.2 Å². The molecular formula is C16H26N2S. The second-order valence-corrected chi connectivity index (χ2v) is 7.65. The third kappa shape index (κ3) is 2.74. The van der Waals surface area contributed by atoms with Crippen LogP contribution in [0.3, 0.4) is 0 Å². The molecule has 3 heteroatoms. The Morgan fingerprint density at radius 3 is 2.84 bits per heavy atom. The standard InChI is InChI=1S/C16H26N2S/c1-13(2)15-11-18(10-14-6-5-9-19-14)16(12-17-15)7-3-4-8-16/h5-6,9,13,15,17H,3-4,7-8,10-12H2,1-2H3. The Kier molecular flexibility index (Phi) is 3.97. The quantitative estimate of drug-likeness (QED) is 0.910. The average molecular weight is 278 g/mol. The minimum absolute atomic E-state index is 0.454. The summed E-state index contributed by atoms with van der Waals surface area (Å²) in [4.78, 5) is 4.32.